The Morgan fingerprint density at radius 3 is 2.32 bits per heavy atom. The Balaban J connectivity index is 1.49. The number of allylic oxidation sites excluding steroid dienone is 1. The van der Waals surface area contributed by atoms with Gasteiger partial charge in [0.25, 0.3) is 0 Å². The predicted molar refractivity (Wildman–Crippen MR) is 113 cm³/mol. The van der Waals surface area contributed by atoms with Gasteiger partial charge in [0, 0.05) is 31.2 Å². The number of aryl methyl sites for hydroxylation is 2. The summed E-state index contributed by atoms with van der Waals surface area (Å²) < 4.78 is 9.04. The number of anilines is 1. The number of hydrogen-bond acceptors (Lipinski definition) is 5. The van der Waals surface area contributed by atoms with Crippen molar-refractivity contribution in [2.24, 2.45) is 0 Å². The van der Waals surface area contributed by atoms with E-state index < -0.39 is 0 Å². The summed E-state index contributed by atoms with van der Waals surface area (Å²) in [6.07, 6.45) is 9.26. The van der Waals surface area contributed by atoms with Crippen LogP contribution in [0.15, 0.2) is 61.4 Å². The average Bonchev–Trinajstić information content (AvgIpc) is 2.73. The van der Waals surface area contributed by atoms with Crippen molar-refractivity contribution in [1.29, 1.82) is 0 Å². The molecule has 2 rings (SSSR count). The second kappa shape index (κ2) is 13.1. The van der Waals surface area contributed by atoms with Crippen LogP contribution >= 0.6 is 0 Å². The lowest BCUT2D eigenvalue weighted by Crippen LogP contribution is -2.34. The van der Waals surface area contributed by atoms with E-state index in [0.717, 1.165) is 5.69 Å². The number of pyridine rings is 2. The van der Waals surface area contributed by atoms with Gasteiger partial charge in [-0.15, -0.1) is 0 Å². The number of carbonyl (C=O) groups excluding carboxylic acids is 2. The average molecular weight is 430 g/mol. The van der Waals surface area contributed by atoms with Crippen molar-refractivity contribution in [3.63, 3.8) is 0 Å². The fourth-order valence-electron chi connectivity index (χ4n) is 2.63. The number of ether oxygens (including phenoxy) is 1. The molecule has 31 heavy (non-hydrogen) atoms. The van der Waals surface area contributed by atoms with Gasteiger partial charge in [0.15, 0.2) is 37.1 Å². The van der Waals surface area contributed by atoms with E-state index in [2.05, 4.69) is 11.9 Å². The number of unbranched alkanes of at least 4 members (excludes halogenated alkanes) is 1. The molecule has 0 bridgehead atoms. The number of carbonyl (C=O) groups is 2. The number of rotatable bonds is 13. The van der Waals surface area contributed by atoms with Crippen LogP contribution in [0.5, 0.6) is 0 Å². The van der Waals surface area contributed by atoms with Gasteiger partial charge < -0.3 is 14.9 Å². The topological polar surface area (TPSA) is 81.6 Å². The molecule has 8 nitrogen and oxygen atoms in total. The highest BCUT2D eigenvalue weighted by molar-refractivity contribution is 5.88. The summed E-state index contributed by atoms with van der Waals surface area (Å²) in [5, 5.41) is 2.70. The molecule has 0 aliphatic heterocycles. The highest BCUT2D eigenvalue weighted by atomic mass is 17.2. The second-order valence-corrected chi connectivity index (χ2v) is 7.18. The maximum absolute atomic E-state index is 11.8. The molecule has 0 fully saturated rings. The molecule has 0 spiro atoms. The molecule has 166 valence electrons. The van der Waals surface area contributed by atoms with Gasteiger partial charge in [-0.25, -0.2) is 4.57 Å². The Labute approximate surface area is 183 Å². The molecule has 1 N–H and O–H groups in total. The van der Waals surface area contributed by atoms with Gasteiger partial charge in [-0.1, -0.05) is 6.58 Å². The molecule has 0 saturated carbocycles. The molecule has 0 unspecified atom stereocenters. The second-order valence-electron chi connectivity index (χ2n) is 7.18. The van der Waals surface area contributed by atoms with Crippen LogP contribution in [0.1, 0.15) is 31.7 Å². The van der Waals surface area contributed by atoms with Crippen molar-refractivity contribution in [2.45, 2.75) is 46.2 Å². The first-order valence-corrected chi connectivity index (χ1v) is 10.3. The molecule has 2 heterocycles. The highest BCUT2D eigenvalue weighted by Crippen LogP contribution is 2.03. The molecule has 0 radical (unpaired) electrons. The maximum Gasteiger partial charge on any atom is 0.312 e. The molecule has 0 aromatic carbocycles. The van der Waals surface area contributed by atoms with Crippen molar-refractivity contribution >= 4 is 17.6 Å². The van der Waals surface area contributed by atoms with Gasteiger partial charge in [0.1, 0.15) is 6.42 Å². The van der Waals surface area contributed by atoms with Crippen molar-refractivity contribution in [3.8, 4) is 0 Å². The zero-order chi connectivity index (χ0) is 22.5. The molecule has 0 aliphatic rings. The van der Waals surface area contributed by atoms with Gasteiger partial charge in [-0.3, -0.25) is 9.59 Å². The van der Waals surface area contributed by atoms with Crippen molar-refractivity contribution in [2.75, 3.05) is 18.5 Å². The third-order valence-corrected chi connectivity index (χ3v) is 4.26. The lowest BCUT2D eigenvalue weighted by molar-refractivity contribution is -0.696. The van der Waals surface area contributed by atoms with Crippen molar-refractivity contribution in [1.82, 2.24) is 0 Å². The molecule has 2 aromatic rings. The molecule has 8 heteroatoms. The predicted octanol–water partition coefficient (Wildman–Crippen LogP) is 2.40. The number of amides is 1. The Morgan fingerprint density at radius 1 is 1.00 bits per heavy atom. The Kier molecular flexibility index (Phi) is 10.2. The zero-order valence-electron chi connectivity index (χ0n) is 18.2. The normalized spacial score (nSPS) is 10.4. The number of hydrogen-bond donors (Lipinski definition) is 1. The lowest BCUT2D eigenvalue weighted by atomic mass is 10.3. The van der Waals surface area contributed by atoms with Crippen LogP contribution in [0.25, 0.3) is 0 Å². The highest BCUT2D eigenvalue weighted by Gasteiger charge is 2.09. The molecular weight excluding hydrogens is 398 g/mol. The first-order valence-electron chi connectivity index (χ1n) is 10.3. The minimum atomic E-state index is -0.208. The third-order valence-electron chi connectivity index (χ3n) is 4.26. The fraction of sp³-hybridized carbons (Fsp3) is 0.391. The Hall–Kier alpha value is -3.26. The third kappa shape index (κ3) is 10.4. The van der Waals surface area contributed by atoms with Crippen LogP contribution in [0.4, 0.5) is 5.69 Å². The lowest BCUT2D eigenvalue weighted by Gasteiger charge is -2.06. The molecule has 2 aromatic heterocycles. The molecule has 0 saturated heterocycles. The first kappa shape index (κ1) is 24.0. The smallest absolute Gasteiger partial charge is 0.312 e. The van der Waals surface area contributed by atoms with Crippen molar-refractivity contribution in [3.05, 3.63) is 67.0 Å². The van der Waals surface area contributed by atoms with E-state index in [9.17, 15) is 9.59 Å². The Bertz CT molecular complexity index is 851. The summed E-state index contributed by atoms with van der Waals surface area (Å²) in [7, 11) is 0. The maximum atomic E-state index is 11.8. The zero-order valence-corrected chi connectivity index (χ0v) is 18.2. The number of nitrogens with one attached hydrogen (secondary N) is 1. The SMILES string of the molecule is C=C(C[n+]1ccc(NC(C)=O)cc1)OOCCCCOC(=O)CC[n+]1ccc(C)cc1. The van der Waals surface area contributed by atoms with Gasteiger partial charge in [0.2, 0.25) is 12.5 Å². The molecular formula is C23H31N3O5+2. The largest absolute Gasteiger partial charge is 0.465 e. The standard InChI is InChI=1S/C23H30N3O5/c1-19-6-11-25(12-7-19)15-10-23(28)29-16-4-5-17-30-31-20(2)18-26-13-8-22(9-14-26)24-21(3)27/h6-9,11-14H,2,4-5,10,15-18H2,1,3H3/q+1/p+1. The summed E-state index contributed by atoms with van der Waals surface area (Å²) >= 11 is 0. The van der Waals surface area contributed by atoms with E-state index in [1.54, 1.807) is 12.1 Å². The molecule has 0 atom stereocenters. The van der Waals surface area contributed by atoms with E-state index in [1.807, 2.05) is 53.0 Å². The van der Waals surface area contributed by atoms with Crippen LogP contribution in [0, 0.1) is 6.92 Å². The molecule has 1 amide bonds. The summed E-state index contributed by atoms with van der Waals surface area (Å²) in [6.45, 7) is 9.07. The minimum Gasteiger partial charge on any atom is -0.465 e. The summed E-state index contributed by atoms with van der Waals surface area (Å²) in [5.41, 5.74) is 1.91. The number of aromatic nitrogens is 2. The summed E-state index contributed by atoms with van der Waals surface area (Å²) in [5.74, 6) is 0.132. The van der Waals surface area contributed by atoms with Crippen LogP contribution in [-0.2, 0) is 37.2 Å². The monoisotopic (exact) mass is 429 g/mol. The van der Waals surface area contributed by atoms with Gasteiger partial charge >= 0.3 is 5.97 Å². The van der Waals surface area contributed by atoms with Crippen LogP contribution < -0.4 is 14.5 Å². The number of nitrogens with zero attached hydrogens (tertiary/aromatic N) is 2. The van der Waals surface area contributed by atoms with Gasteiger partial charge in [-0.2, -0.15) is 9.45 Å². The van der Waals surface area contributed by atoms with Crippen LogP contribution in [-0.4, -0.2) is 25.1 Å². The fourth-order valence-corrected chi connectivity index (χ4v) is 2.63. The molecule has 0 aliphatic carbocycles. The summed E-state index contributed by atoms with van der Waals surface area (Å²) in [6, 6.07) is 7.59. The van der Waals surface area contributed by atoms with E-state index in [4.69, 9.17) is 14.5 Å². The van der Waals surface area contributed by atoms with E-state index in [1.165, 1.54) is 12.5 Å². The Morgan fingerprint density at radius 2 is 1.65 bits per heavy atom. The van der Waals surface area contributed by atoms with E-state index >= 15 is 0 Å². The van der Waals surface area contributed by atoms with E-state index in [-0.39, 0.29) is 11.9 Å². The van der Waals surface area contributed by atoms with Crippen LogP contribution in [0.2, 0.25) is 0 Å². The van der Waals surface area contributed by atoms with Gasteiger partial charge in [-0.05, 0) is 25.3 Å². The quantitative estimate of drug-likeness (QED) is 0.132. The van der Waals surface area contributed by atoms with Crippen LogP contribution in [0.3, 0.4) is 0 Å². The minimum absolute atomic E-state index is 0.116. The van der Waals surface area contributed by atoms with Gasteiger partial charge in [0.05, 0.1) is 18.9 Å². The first-order chi connectivity index (χ1) is 14.9. The summed E-state index contributed by atoms with van der Waals surface area (Å²) in [4.78, 5) is 33.1. The number of esters is 1. The van der Waals surface area contributed by atoms with Crippen molar-refractivity contribution < 1.29 is 33.2 Å². The van der Waals surface area contributed by atoms with E-state index in [0.29, 0.717) is 51.3 Å².